The van der Waals surface area contributed by atoms with Gasteiger partial charge in [0.25, 0.3) is 0 Å². The van der Waals surface area contributed by atoms with Crippen LogP contribution < -0.4 is 5.32 Å². The van der Waals surface area contributed by atoms with Crippen molar-refractivity contribution in [2.45, 2.75) is 38.8 Å². The quantitative estimate of drug-likeness (QED) is 0.825. The van der Waals surface area contributed by atoms with E-state index < -0.39 is 0 Å². The molecular weight excluding hydrogens is 234 g/mol. The van der Waals surface area contributed by atoms with Crippen molar-refractivity contribution >= 4 is 0 Å². The minimum absolute atomic E-state index is 0.413. The van der Waals surface area contributed by atoms with Gasteiger partial charge in [-0.1, -0.05) is 37.3 Å². The molecule has 0 saturated heterocycles. The summed E-state index contributed by atoms with van der Waals surface area (Å²) in [6, 6.07) is 11.0. The van der Waals surface area contributed by atoms with Crippen LogP contribution in [0.15, 0.2) is 42.7 Å². The van der Waals surface area contributed by atoms with E-state index in [9.17, 15) is 0 Å². The first kappa shape index (κ1) is 13.8. The zero-order valence-electron chi connectivity index (χ0n) is 11.8. The molecule has 0 aliphatic heterocycles. The van der Waals surface area contributed by atoms with E-state index in [1.54, 1.807) is 0 Å². The Morgan fingerprint density at radius 2 is 2.05 bits per heavy atom. The van der Waals surface area contributed by atoms with Crippen LogP contribution in [0.25, 0.3) is 0 Å². The topological polar surface area (TPSA) is 29.9 Å². The van der Waals surface area contributed by atoms with E-state index in [4.69, 9.17) is 0 Å². The molecule has 1 N–H and O–H groups in total. The number of aromatic nitrogens is 2. The van der Waals surface area contributed by atoms with Crippen molar-refractivity contribution in [2.24, 2.45) is 0 Å². The fourth-order valence-corrected chi connectivity index (χ4v) is 2.36. The summed E-state index contributed by atoms with van der Waals surface area (Å²) < 4.78 is 2.03. The van der Waals surface area contributed by atoms with Crippen molar-refractivity contribution in [1.82, 2.24) is 15.1 Å². The van der Waals surface area contributed by atoms with Crippen molar-refractivity contribution < 1.29 is 0 Å². The lowest BCUT2D eigenvalue weighted by atomic mass is 10.0. The molecule has 0 radical (unpaired) electrons. The van der Waals surface area contributed by atoms with Crippen molar-refractivity contribution in [2.75, 3.05) is 7.05 Å². The third-order valence-electron chi connectivity index (χ3n) is 3.41. The molecule has 1 unspecified atom stereocenters. The summed E-state index contributed by atoms with van der Waals surface area (Å²) in [7, 11) is 2.03. The van der Waals surface area contributed by atoms with E-state index in [1.165, 1.54) is 11.1 Å². The van der Waals surface area contributed by atoms with Gasteiger partial charge in [0.2, 0.25) is 0 Å². The van der Waals surface area contributed by atoms with Crippen molar-refractivity contribution in [1.29, 1.82) is 0 Å². The van der Waals surface area contributed by atoms with Gasteiger partial charge in [-0.3, -0.25) is 4.68 Å². The van der Waals surface area contributed by atoms with Gasteiger partial charge in [0.05, 0.1) is 6.20 Å². The molecule has 3 heteroatoms. The second-order valence-corrected chi connectivity index (χ2v) is 4.90. The van der Waals surface area contributed by atoms with Gasteiger partial charge in [-0.25, -0.2) is 0 Å². The number of nitrogens with zero attached hydrogens (tertiary/aromatic N) is 2. The zero-order valence-corrected chi connectivity index (χ0v) is 11.8. The average molecular weight is 257 g/mol. The van der Waals surface area contributed by atoms with Crippen LogP contribution in [0.5, 0.6) is 0 Å². The summed E-state index contributed by atoms with van der Waals surface area (Å²) in [4.78, 5) is 0. The first-order valence-corrected chi connectivity index (χ1v) is 7.07. The Morgan fingerprint density at radius 3 is 2.74 bits per heavy atom. The maximum absolute atomic E-state index is 4.38. The number of benzene rings is 1. The van der Waals surface area contributed by atoms with Crippen molar-refractivity contribution in [3.63, 3.8) is 0 Å². The Kier molecular flexibility index (Phi) is 5.16. The number of hydrogen-bond acceptors (Lipinski definition) is 2. The van der Waals surface area contributed by atoms with Crippen LogP contribution in [0, 0.1) is 0 Å². The Hall–Kier alpha value is -1.61. The molecule has 3 nitrogen and oxygen atoms in total. The molecule has 0 aliphatic carbocycles. The number of rotatable bonds is 7. The molecular formula is C16H23N3. The molecule has 0 spiro atoms. The maximum atomic E-state index is 4.38. The maximum Gasteiger partial charge on any atom is 0.0521 e. The van der Waals surface area contributed by atoms with Gasteiger partial charge in [0, 0.05) is 18.8 Å². The predicted molar refractivity (Wildman–Crippen MR) is 79.1 cm³/mol. The van der Waals surface area contributed by atoms with Gasteiger partial charge < -0.3 is 5.32 Å². The first-order valence-electron chi connectivity index (χ1n) is 7.07. The van der Waals surface area contributed by atoms with Gasteiger partial charge >= 0.3 is 0 Å². The molecule has 0 aliphatic rings. The molecule has 1 aromatic carbocycles. The molecule has 2 aromatic rings. The highest BCUT2D eigenvalue weighted by atomic mass is 15.3. The summed E-state index contributed by atoms with van der Waals surface area (Å²) in [6.07, 6.45) is 7.45. The predicted octanol–water partition coefficient (Wildman–Crippen LogP) is 3.19. The molecule has 102 valence electrons. The second kappa shape index (κ2) is 7.10. The summed E-state index contributed by atoms with van der Waals surface area (Å²) in [5.41, 5.74) is 2.68. The SMILES string of the molecule is CCCn1cc(CCC(NC)c2ccccc2)cn1. The minimum atomic E-state index is 0.413. The van der Waals surface area contributed by atoms with E-state index >= 15 is 0 Å². The average Bonchev–Trinajstić information content (AvgIpc) is 2.89. The highest BCUT2D eigenvalue weighted by Crippen LogP contribution is 2.18. The van der Waals surface area contributed by atoms with Crippen LogP contribution in [0.2, 0.25) is 0 Å². The molecule has 2 rings (SSSR count). The third kappa shape index (κ3) is 3.93. The molecule has 0 fully saturated rings. The lowest BCUT2D eigenvalue weighted by molar-refractivity contribution is 0.548. The van der Waals surface area contributed by atoms with E-state index in [2.05, 4.69) is 53.9 Å². The van der Waals surface area contributed by atoms with Gasteiger partial charge in [-0.2, -0.15) is 5.10 Å². The van der Waals surface area contributed by atoms with Crippen LogP contribution in [0.4, 0.5) is 0 Å². The molecule has 0 saturated carbocycles. The van der Waals surface area contributed by atoms with Gasteiger partial charge in [0.15, 0.2) is 0 Å². The highest BCUT2D eigenvalue weighted by Gasteiger charge is 2.09. The van der Waals surface area contributed by atoms with Gasteiger partial charge in [-0.05, 0) is 37.4 Å². The molecule has 1 heterocycles. The van der Waals surface area contributed by atoms with Crippen molar-refractivity contribution in [3.05, 3.63) is 53.9 Å². The summed E-state index contributed by atoms with van der Waals surface area (Å²) >= 11 is 0. The van der Waals surface area contributed by atoms with E-state index in [0.29, 0.717) is 6.04 Å². The second-order valence-electron chi connectivity index (χ2n) is 4.90. The number of aryl methyl sites for hydroxylation is 2. The molecule has 1 aromatic heterocycles. The summed E-state index contributed by atoms with van der Waals surface area (Å²) in [5, 5.41) is 7.77. The summed E-state index contributed by atoms with van der Waals surface area (Å²) in [5.74, 6) is 0. The highest BCUT2D eigenvalue weighted by molar-refractivity contribution is 5.19. The van der Waals surface area contributed by atoms with Crippen molar-refractivity contribution in [3.8, 4) is 0 Å². The summed E-state index contributed by atoms with van der Waals surface area (Å²) in [6.45, 7) is 3.18. The fraction of sp³-hybridized carbons (Fsp3) is 0.438. The smallest absolute Gasteiger partial charge is 0.0521 e. The lowest BCUT2D eigenvalue weighted by Crippen LogP contribution is -2.16. The van der Waals surface area contributed by atoms with E-state index in [-0.39, 0.29) is 0 Å². The van der Waals surface area contributed by atoms with Gasteiger partial charge in [-0.15, -0.1) is 0 Å². The Labute approximate surface area is 115 Å². The molecule has 1 atom stereocenters. The Morgan fingerprint density at radius 1 is 1.26 bits per heavy atom. The van der Waals surface area contributed by atoms with Crippen LogP contribution >= 0.6 is 0 Å². The van der Waals surface area contributed by atoms with Crippen LogP contribution in [-0.2, 0) is 13.0 Å². The van der Waals surface area contributed by atoms with Gasteiger partial charge in [0.1, 0.15) is 0 Å². The van der Waals surface area contributed by atoms with Crippen LogP contribution in [0.1, 0.15) is 36.9 Å². The zero-order chi connectivity index (χ0) is 13.5. The monoisotopic (exact) mass is 257 g/mol. The van der Waals surface area contributed by atoms with E-state index in [1.807, 2.05) is 17.9 Å². The van der Waals surface area contributed by atoms with Crippen LogP contribution in [-0.4, -0.2) is 16.8 Å². The lowest BCUT2D eigenvalue weighted by Gasteiger charge is -2.15. The number of hydrogen-bond donors (Lipinski definition) is 1. The number of nitrogens with one attached hydrogen (secondary N) is 1. The van der Waals surface area contributed by atoms with Crippen LogP contribution in [0.3, 0.4) is 0 Å². The Bertz CT molecular complexity index is 476. The third-order valence-corrected chi connectivity index (χ3v) is 3.41. The van der Waals surface area contributed by atoms with E-state index in [0.717, 1.165) is 25.8 Å². The standard InChI is InChI=1S/C16H23N3/c1-3-11-19-13-14(12-18-19)9-10-16(17-2)15-7-5-4-6-8-15/h4-8,12-13,16-17H,3,9-11H2,1-2H3. The molecule has 0 amide bonds. The molecule has 0 bridgehead atoms. The fourth-order valence-electron chi connectivity index (χ4n) is 2.36. The first-order chi connectivity index (χ1) is 9.33. The Balaban J connectivity index is 1.92. The minimum Gasteiger partial charge on any atom is -0.313 e. The largest absolute Gasteiger partial charge is 0.313 e. The molecule has 19 heavy (non-hydrogen) atoms. The normalized spacial score (nSPS) is 12.5.